The van der Waals surface area contributed by atoms with Crippen LogP contribution in [0.3, 0.4) is 0 Å². The molecule has 0 saturated heterocycles. The average molecular weight is 426 g/mol. The van der Waals surface area contributed by atoms with E-state index < -0.39 is 24.2 Å². The van der Waals surface area contributed by atoms with E-state index >= 15 is 0 Å². The van der Waals surface area contributed by atoms with Gasteiger partial charge in [-0.2, -0.15) is 17.6 Å². The molecule has 0 fully saturated rings. The van der Waals surface area contributed by atoms with Crippen LogP contribution < -0.4 is 14.5 Å². The van der Waals surface area contributed by atoms with Gasteiger partial charge in [0.15, 0.2) is 0 Å². The summed E-state index contributed by atoms with van der Waals surface area (Å²) in [6, 6.07) is 9.50. The molecule has 10 heteroatoms. The Bertz CT molecular complexity index is 1020. The molecule has 0 N–H and O–H groups in total. The fraction of sp³-hybridized carbons (Fsp3) is 0.105. The van der Waals surface area contributed by atoms with Crippen LogP contribution in [0.4, 0.5) is 17.6 Å². The molecule has 0 aliphatic rings. The van der Waals surface area contributed by atoms with Gasteiger partial charge in [-0.15, -0.1) is 0 Å². The minimum Gasteiger partial charge on any atom is -0.854 e. The number of nitrogens with zero attached hydrogens (tertiary/aromatic N) is 3. The van der Waals surface area contributed by atoms with E-state index in [1.54, 1.807) is 6.07 Å². The lowest BCUT2D eigenvalue weighted by atomic mass is 10.0. The zero-order valence-electron chi connectivity index (χ0n) is 14.5. The molecule has 0 aliphatic carbocycles. The summed E-state index contributed by atoms with van der Waals surface area (Å²) in [5, 5.41) is 16.3. The molecule has 5 nitrogen and oxygen atoms in total. The van der Waals surface area contributed by atoms with E-state index in [9.17, 15) is 22.7 Å². The molecule has 0 unspecified atom stereocenters. The number of aromatic nitrogens is 2. The second-order valence-corrected chi connectivity index (χ2v) is 6.12. The van der Waals surface area contributed by atoms with Crippen LogP contribution in [-0.4, -0.2) is 23.4 Å². The lowest BCUT2D eigenvalue weighted by molar-refractivity contribution is -0.682. The van der Waals surface area contributed by atoms with Gasteiger partial charge < -0.3 is 9.84 Å². The van der Waals surface area contributed by atoms with Gasteiger partial charge in [-0.1, -0.05) is 40.5 Å². The fourth-order valence-corrected chi connectivity index (χ4v) is 2.62. The predicted octanol–water partition coefficient (Wildman–Crippen LogP) is 3.50. The average Bonchev–Trinajstić information content (AvgIpc) is 2.69. The fourth-order valence-electron chi connectivity index (χ4n) is 2.33. The second kappa shape index (κ2) is 8.44. The molecule has 0 atom stereocenters. The lowest BCUT2D eigenvalue weighted by Crippen LogP contribution is -2.33. The highest BCUT2D eigenvalue weighted by Gasteiger charge is 2.43. The van der Waals surface area contributed by atoms with Gasteiger partial charge >= 0.3 is 12.5 Å². The molecule has 3 rings (SSSR count). The van der Waals surface area contributed by atoms with Gasteiger partial charge in [-0.05, 0) is 34.4 Å². The van der Waals surface area contributed by atoms with Crippen molar-refractivity contribution in [3.05, 3.63) is 77.8 Å². The normalized spacial score (nSPS) is 12.3. The maximum atomic E-state index is 13.0. The highest BCUT2D eigenvalue weighted by atomic mass is 35.5. The summed E-state index contributed by atoms with van der Waals surface area (Å²) in [5.74, 6) is -0.956. The monoisotopic (exact) mass is 425 g/mol. The first-order valence-corrected chi connectivity index (χ1v) is 8.46. The number of alkyl halides is 4. The van der Waals surface area contributed by atoms with Crippen molar-refractivity contribution in [2.45, 2.75) is 12.5 Å². The summed E-state index contributed by atoms with van der Waals surface area (Å²) < 4.78 is 55.6. The molecule has 29 heavy (non-hydrogen) atoms. The maximum absolute atomic E-state index is 13.0. The smallest absolute Gasteiger partial charge is 0.461 e. The van der Waals surface area contributed by atoms with E-state index in [1.807, 2.05) is 0 Å². The van der Waals surface area contributed by atoms with E-state index in [0.29, 0.717) is 11.1 Å². The third kappa shape index (κ3) is 5.00. The van der Waals surface area contributed by atoms with Gasteiger partial charge in [0.1, 0.15) is 5.75 Å². The highest BCUT2D eigenvalue weighted by molar-refractivity contribution is 6.33. The SMILES string of the molecule is [O-]/C(=N\[n+]1ccncc1)c1ccc(-c2ccc(OC(F)(F)C(F)F)cc2)c(Cl)c1. The van der Waals surface area contributed by atoms with E-state index in [0.717, 1.165) is 12.1 Å². The Kier molecular flexibility index (Phi) is 5.97. The molecule has 150 valence electrons. The van der Waals surface area contributed by atoms with Crippen molar-refractivity contribution >= 4 is 17.5 Å². The van der Waals surface area contributed by atoms with Crippen molar-refractivity contribution in [2.75, 3.05) is 0 Å². The number of halogens is 5. The number of benzene rings is 2. The molecule has 0 bridgehead atoms. The molecule has 2 aromatic carbocycles. The first kappa shape index (κ1) is 20.5. The molecule has 0 aliphatic heterocycles. The highest BCUT2D eigenvalue weighted by Crippen LogP contribution is 2.32. The summed E-state index contributed by atoms with van der Waals surface area (Å²) >= 11 is 6.24. The maximum Gasteiger partial charge on any atom is 0.461 e. The summed E-state index contributed by atoms with van der Waals surface area (Å²) in [6.07, 6.45) is -2.60. The number of rotatable bonds is 6. The summed E-state index contributed by atoms with van der Waals surface area (Å²) in [6.45, 7) is 0. The number of hydrogen-bond acceptors (Lipinski definition) is 4. The predicted molar refractivity (Wildman–Crippen MR) is 94.8 cm³/mol. The molecule has 0 saturated carbocycles. The van der Waals surface area contributed by atoms with Crippen molar-refractivity contribution < 1.29 is 32.1 Å². The standard InChI is InChI=1S/C19H12ClF4N3O2/c20-16-11-13(17(28)26-27-9-7-25-8-10-27)3-6-15(16)12-1-4-14(5-2-12)29-19(23,24)18(21)22/h1-11,18H. The molecule has 1 aromatic heterocycles. The van der Waals surface area contributed by atoms with Crippen LogP contribution in [0.1, 0.15) is 5.56 Å². The third-order valence-corrected chi connectivity index (χ3v) is 4.02. The van der Waals surface area contributed by atoms with Crippen molar-refractivity contribution in [1.82, 2.24) is 4.98 Å². The van der Waals surface area contributed by atoms with Crippen molar-refractivity contribution in [1.29, 1.82) is 0 Å². The zero-order chi connectivity index (χ0) is 21.0. The van der Waals surface area contributed by atoms with Crippen LogP contribution in [0, 0.1) is 0 Å². The summed E-state index contributed by atoms with van der Waals surface area (Å²) in [4.78, 5) is 3.82. The van der Waals surface area contributed by atoms with Gasteiger partial charge in [-0.25, -0.2) is 0 Å². The van der Waals surface area contributed by atoms with Gasteiger partial charge in [0.2, 0.25) is 12.4 Å². The second-order valence-electron chi connectivity index (χ2n) is 5.71. The Morgan fingerprint density at radius 3 is 2.34 bits per heavy atom. The topological polar surface area (TPSA) is 61.4 Å². The zero-order valence-corrected chi connectivity index (χ0v) is 15.2. The van der Waals surface area contributed by atoms with Crippen LogP contribution in [0.5, 0.6) is 5.75 Å². The quantitative estimate of drug-likeness (QED) is 0.263. The summed E-state index contributed by atoms with van der Waals surface area (Å²) in [7, 11) is 0. The number of hydrogen-bond donors (Lipinski definition) is 0. The molecule has 0 amide bonds. The Hall–Kier alpha value is -3.20. The van der Waals surface area contributed by atoms with Crippen molar-refractivity contribution in [2.24, 2.45) is 5.10 Å². The van der Waals surface area contributed by atoms with E-state index in [-0.39, 0.29) is 10.6 Å². The van der Waals surface area contributed by atoms with E-state index in [1.165, 1.54) is 53.7 Å². The van der Waals surface area contributed by atoms with Crippen LogP contribution in [0.2, 0.25) is 5.02 Å². The van der Waals surface area contributed by atoms with Crippen molar-refractivity contribution in [3.63, 3.8) is 0 Å². The number of ether oxygens (including phenoxy) is 1. The molecule has 0 radical (unpaired) electrons. The first-order valence-electron chi connectivity index (χ1n) is 8.09. The van der Waals surface area contributed by atoms with Crippen LogP contribution >= 0.6 is 11.6 Å². The molecular weight excluding hydrogens is 414 g/mol. The molecule has 3 aromatic rings. The van der Waals surface area contributed by atoms with E-state index in [2.05, 4.69) is 14.8 Å². The Morgan fingerprint density at radius 2 is 1.76 bits per heavy atom. The molecule has 0 spiro atoms. The van der Waals surface area contributed by atoms with E-state index in [4.69, 9.17) is 11.6 Å². The third-order valence-electron chi connectivity index (χ3n) is 3.71. The lowest BCUT2D eigenvalue weighted by Gasteiger charge is -2.17. The van der Waals surface area contributed by atoms with Crippen LogP contribution in [0.15, 0.2) is 72.4 Å². The summed E-state index contributed by atoms with van der Waals surface area (Å²) in [5.41, 5.74) is 1.26. The van der Waals surface area contributed by atoms with Crippen molar-refractivity contribution in [3.8, 4) is 16.9 Å². The Morgan fingerprint density at radius 1 is 1.10 bits per heavy atom. The van der Waals surface area contributed by atoms with Gasteiger partial charge in [0.25, 0.3) is 0 Å². The van der Waals surface area contributed by atoms with Gasteiger partial charge in [0, 0.05) is 10.6 Å². The van der Waals surface area contributed by atoms with Gasteiger partial charge in [0.05, 0.1) is 18.3 Å². The molecular formula is C19H12ClF4N3O2. The Balaban J connectivity index is 1.81. The minimum absolute atomic E-state index is 0.220. The first-order chi connectivity index (χ1) is 13.8. The Labute approximate surface area is 167 Å². The van der Waals surface area contributed by atoms with Gasteiger partial charge in [-0.3, -0.25) is 4.98 Å². The molecule has 1 heterocycles. The van der Waals surface area contributed by atoms with Crippen LogP contribution in [-0.2, 0) is 0 Å². The largest absolute Gasteiger partial charge is 0.854 e. The minimum atomic E-state index is -4.59. The van der Waals surface area contributed by atoms with Crippen LogP contribution in [0.25, 0.3) is 11.1 Å².